The van der Waals surface area contributed by atoms with E-state index in [2.05, 4.69) is 15.5 Å². The van der Waals surface area contributed by atoms with E-state index in [0.717, 1.165) is 10.9 Å². The lowest BCUT2D eigenvalue weighted by Gasteiger charge is -2.21. The van der Waals surface area contributed by atoms with E-state index in [0.29, 0.717) is 23.8 Å². The van der Waals surface area contributed by atoms with Gasteiger partial charge in [0.2, 0.25) is 5.89 Å². The quantitative estimate of drug-likeness (QED) is 0.767. The van der Waals surface area contributed by atoms with Crippen molar-refractivity contribution in [2.75, 3.05) is 14.1 Å². The normalized spacial score (nSPS) is 12.1. The summed E-state index contributed by atoms with van der Waals surface area (Å²) in [4.78, 5) is 18.9. The first-order chi connectivity index (χ1) is 11.8. The number of aromatic nitrogens is 2. The van der Waals surface area contributed by atoms with Crippen molar-refractivity contribution in [3.8, 4) is 0 Å². The number of hydrogen-bond acceptors (Lipinski definition) is 6. The highest BCUT2D eigenvalue weighted by Crippen LogP contribution is 2.24. The summed E-state index contributed by atoms with van der Waals surface area (Å²) in [6.45, 7) is 6.17. The molecule has 7 heteroatoms. The number of benzene rings is 1. The maximum atomic E-state index is 12.6. The van der Waals surface area contributed by atoms with Crippen LogP contribution in [-0.2, 0) is 12.1 Å². The van der Waals surface area contributed by atoms with Gasteiger partial charge in [0.15, 0.2) is 11.6 Å². The van der Waals surface area contributed by atoms with Crippen LogP contribution < -0.4 is 5.32 Å². The molecule has 0 aliphatic heterocycles. The van der Waals surface area contributed by atoms with E-state index < -0.39 is 5.54 Å². The van der Waals surface area contributed by atoms with E-state index in [1.54, 1.807) is 6.07 Å². The highest BCUT2D eigenvalue weighted by molar-refractivity contribution is 5.97. The van der Waals surface area contributed by atoms with E-state index in [9.17, 15) is 4.79 Å². The number of nitrogens with zero attached hydrogens (tertiary/aromatic N) is 3. The third-order valence-electron chi connectivity index (χ3n) is 3.91. The van der Waals surface area contributed by atoms with Crippen LogP contribution in [0.4, 0.5) is 0 Å². The van der Waals surface area contributed by atoms with Crippen LogP contribution >= 0.6 is 0 Å². The predicted octanol–water partition coefficient (Wildman–Crippen LogP) is 2.85. The van der Waals surface area contributed by atoms with Gasteiger partial charge in [-0.15, -0.1) is 0 Å². The summed E-state index contributed by atoms with van der Waals surface area (Å²) in [5, 5.41) is 7.82. The Bertz CT molecular complexity index is 908. The second-order valence-corrected chi connectivity index (χ2v) is 6.93. The Labute approximate surface area is 146 Å². The minimum Gasteiger partial charge on any atom is -0.451 e. The van der Waals surface area contributed by atoms with Crippen molar-refractivity contribution in [3.63, 3.8) is 0 Å². The molecular weight excluding hydrogens is 320 g/mol. The fourth-order valence-corrected chi connectivity index (χ4v) is 2.56. The molecular formula is C18H22N4O3. The standard InChI is InChI=1S/C18H22N4O3/c1-11-7-6-8-13-12(11)9-14(24-13)16(23)20-18(2,3)17-19-15(25-21-17)10-22(4)5/h6-9H,10H2,1-5H3,(H,20,23). The van der Waals surface area contributed by atoms with Crippen molar-refractivity contribution in [2.24, 2.45) is 0 Å². The van der Waals surface area contributed by atoms with Gasteiger partial charge in [-0.2, -0.15) is 4.98 Å². The van der Waals surface area contributed by atoms with Crippen LogP contribution in [0.1, 0.15) is 41.7 Å². The molecule has 1 N–H and O–H groups in total. The van der Waals surface area contributed by atoms with Gasteiger partial charge in [0.1, 0.15) is 5.58 Å². The summed E-state index contributed by atoms with van der Waals surface area (Å²) < 4.78 is 10.9. The molecule has 1 amide bonds. The molecule has 0 atom stereocenters. The highest BCUT2D eigenvalue weighted by Gasteiger charge is 2.30. The first-order valence-corrected chi connectivity index (χ1v) is 8.06. The molecule has 0 saturated carbocycles. The van der Waals surface area contributed by atoms with Crippen LogP contribution in [0.5, 0.6) is 0 Å². The van der Waals surface area contributed by atoms with Gasteiger partial charge in [0.25, 0.3) is 5.91 Å². The zero-order valence-corrected chi connectivity index (χ0v) is 15.1. The van der Waals surface area contributed by atoms with Crippen LogP contribution in [0.3, 0.4) is 0 Å². The minimum absolute atomic E-state index is 0.259. The maximum absolute atomic E-state index is 12.6. The van der Waals surface area contributed by atoms with Gasteiger partial charge in [-0.1, -0.05) is 17.3 Å². The third kappa shape index (κ3) is 3.56. The molecule has 2 aromatic heterocycles. The summed E-state index contributed by atoms with van der Waals surface area (Å²) in [5.41, 5.74) is 0.959. The fourth-order valence-electron chi connectivity index (χ4n) is 2.56. The molecule has 25 heavy (non-hydrogen) atoms. The molecule has 0 aliphatic carbocycles. The Kier molecular flexibility index (Phi) is 4.34. The second-order valence-electron chi connectivity index (χ2n) is 6.93. The van der Waals surface area contributed by atoms with E-state index in [-0.39, 0.29) is 11.7 Å². The number of aryl methyl sites for hydroxylation is 1. The van der Waals surface area contributed by atoms with Crippen molar-refractivity contribution in [3.05, 3.63) is 47.3 Å². The van der Waals surface area contributed by atoms with Gasteiger partial charge in [0, 0.05) is 5.39 Å². The Morgan fingerprint density at radius 3 is 2.76 bits per heavy atom. The summed E-state index contributed by atoms with van der Waals surface area (Å²) in [6.07, 6.45) is 0. The highest BCUT2D eigenvalue weighted by atomic mass is 16.5. The molecule has 132 valence electrons. The van der Waals surface area contributed by atoms with Crippen LogP contribution in [0.15, 0.2) is 33.2 Å². The molecule has 7 nitrogen and oxygen atoms in total. The largest absolute Gasteiger partial charge is 0.451 e. The number of amides is 1. The average Bonchev–Trinajstić information content (AvgIpc) is 3.14. The Balaban J connectivity index is 1.80. The molecule has 0 saturated heterocycles. The number of fused-ring (bicyclic) bond motifs is 1. The van der Waals surface area contributed by atoms with Gasteiger partial charge in [-0.3, -0.25) is 4.79 Å². The van der Waals surface area contributed by atoms with Crippen LogP contribution in [-0.4, -0.2) is 35.0 Å². The summed E-state index contributed by atoms with van der Waals surface area (Å²) >= 11 is 0. The SMILES string of the molecule is Cc1cccc2oc(C(=O)NC(C)(C)c3noc(CN(C)C)n3)cc12. The van der Waals surface area contributed by atoms with Gasteiger partial charge in [0.05, 0.1) is 12.1 Å². The van der Waals surface area contributed by atoms with Crippen molar-refractivity contribution >= 4 is 16.9 Å². The van der Waals surface area contributed by atoms with Crippen molar-refractivity contribution < 1.29 is 13.7 Å². The Morgan fingerprint density at radius 1 is 1.32 bits per heavy atom. The summed E-state index contributed by atoms with van der Waals surface area (Å²) in [6, 6.07) is 7.48. The van der Waals surface area contributed by atoms with Crippen LogP contribution in [0, 0.1) is 6.92 Å². The Hall–Kier alpha value is -2.67. The lowest BCUT2D eigenvalue weighted by molar-refractivity contribution is 0.0881. The lowest BCUT2D eigenvalue weighted by Crippen LogP contribution is -2.41. The van der Waals surface area contributed by atoms with Gasteiger partial charge in [-0.25, -0.2) is 0 Å². The van der Waals surface area contributed by atoms with E-state index in [1.807, 2.05) is 58.0 Å². The van der Waals surface area contributed by atoms with Crippen LogP contribution in [0.25, 0.3) is 11.0 Å². The maximum Gasteiger partial charge on any atom is 0.287 e. The van der Waals surface area contributed by atoms with Gasteiger partial charge >= 0.3 is 0 Å². The number of furan rings is 1. The second kappa shape index (κ2) is 6.33. The zero-order chi connectivity index (χ0) is 18.2. The number of nitrogens with one attached hydrogen (secondary N) is 1. The van der Waals surface area contributed by atoms with Crippen molar-refractivity contribution in [1.29, 1.82) is 0 Å². The fraction of sp³-hybridized carbons (Fsp3) is 0.389. The molecule has 1 aromatic carbocycles. The molecule has 2 heterocycles. The number of carbonyl (C=O) groups is 1. The molecule has 0 radical (unpaired) electrons. The summed E-state index contributed by atoms with van der Waals surface area (Å²) in [5.74, 6) is 0.862. The van der Waals surface area contributed by atoms with E-state index in [1.165, 1.54) is 0 Å². The third-order valence-corrected chi connectivity index (χ3v) is 3.91. The molecule has 3 aromatic rings. The van der Waals surface area contributed by atoms with Gasteiger partial charge < -0.3 is 19.2 Å². The molecule has 0 bridgehead atoms. The van der Waals surface area contributed by atoms with Gasteiger partial charge in [-0.05, 0) is 52.6 Å². The monoisotopic (exact) mass is 342 g/mol. The number of hydrogen-bond donors (Lipinski definition) is 1. The van der Waals surface area contributed by atoms with Crippen molar-refractivity contribution in [1.82, 2.24) is 20.4 Å². The number of carbonyl (C=O) groups excluding carboxylic acids is 1. The van der Waals surface area contributed by atoms with Crippen LogP contribution in [0.2, 0.25) is 0 Å². The molecule has 0 unspecified atom stereocenters. The first kappa shape index (κ1) is 17.2. The van der Waals surface area contributed by atoms with E-state index in [4.69, 9.17) is 8.94 Å². The topological polar surface area (TPSA) is 84.4 Å². The molecule has 0 aliphatic rings. The number of rotatable bonds is 5. The summed E-state index contributed by atoms with van der Waals surface area (Å²) in [7, 11) is 3.83. The zero-order valence-electron chi connectivity index (χ0n) is 15.1. The first-order valence-electron chi connectivity index (χ1n) is 8.06. The molecule has 0 spiro atoms. The molecule has 3 rings (SSSR count). The lowest BCUT2D eigenvalue weighted by atomic mass is 10.0. The molecule has 0 fully saturated rings. The Morgan fingerprint density at radius 2 is 2.08 bits per heavy atom. The van der Waals surface area contributed by atoms with Crippen molar-refractivity contribution in [2.45, 2.75) is 32.9 Å². The smallest absolute Gasteiger partial charge is 0.287 e. The average molecular weight is 342 g/mol. The predicted molar refractivity (Wildman–Crippen MR) is 93.1 cm³/mol. The minimum atomic E-state index is -0.792. The van der Waals surface area contributed by atoms with E-state index >= 15 is 0 Å².